The second kappa shape index (κ2) is 13.0. The van der Waals surface area contributed by atoms with Gasteiger partial charge < -0.3 is 4.74 Å². The van der Waals surface area contributed by atoms with Crippen LogP contribution in [0.2, 0.25) is 10.0 Å². The number of Topliss-reactive ketones (excluding diaryl/α,β-unsaturated/α-hetero) is 1. The fraction of sp³-hybridized carbons (Fsp3) is 0.400. The Labute approximate surface area is 244 Å². The predicted octanol–water partition coefficient (Wildman–Crippen LogP) is 8.94. The minimum absolute atomic E-state index is 0.00264. The average Bonchev–Trinajstić information content (AvgIpc) is 3.22. The van der Waals surface area contributed by atoms with E-state index < -0.39 is 0 Å². The Kier molecular flexibility index (Phi) is 10.00. The molecule has 1 aromatic heterocycles. The van der Waals surface area contributed by atoms with Gasteiger partial charge in [-0.05, 0) is 68.4 Å². The number of nitrogens with zero attached hydrogens (tertiary/aromatic N) is 2. The number of allylic oxidation sites excluding steroid dienone is 2. The van der Waals surface area contributed by atoms with E-state index in [4.69, 9.17) is 56.2 Å². The summed E-state index contributed by atoms with van der Waals surface area (Å²) in [7, 11) is 1.68. The van der Waals surface area contributed by atoms with Crippen LogP contribution in [-0.4, -0.2) is 34.7 Å². The number of hydrogen-bond donors (Lipinski definition) is 0. The Bertz CT molecular complexity index is 1300. The molecule has 0 fully saturated rings. The van der Waals surface area contributed by atoms with Gasteiger partial charge in [0.25, 0.3) is 0 Å². The quantitative estimate of drug-likeness (QED) is 0.174. The number of carbonyl (C=O) groups is 1. The largest absolute Gasteiger partial charge is 0.384 e. The van der Waals surface area contributed by atoms with Crippen molar-refractivity contribution in [3.63, 3.8) is 0 Å². The lowest BCUT2D eigenvalue weighted by Gasteiger charge is -2.25. The van der Waals surface area contributed by atoms with Crippen molar-refractivity contribution in [2.24, 2.45) is 11.8 Å². The smallest absolute Gasteiger partial charge is 0.186 e. The molecule has 0 N–H and O–H groups in total. The summed E-state index contributed by atoms with van der Waals surface area (Å²) in [6.45, 7) is 4.45. The Balaban J connectivity index is 1.66. The van der Waals surface area contributed by atoms with Crippen LogP contribution in [-0.2, 0) is 11.2 Å². The van der Waals surface area contributed by atoms with Gasteiger partial charge in [-0.2, -0.15) is 5.10 Å². The van der Waals surface area contributed by atoms with E-state index in [0.29, 0.717) is 28.8 Å². The van der Waals surface area contributed by atoms with E-state index in [2.05, 4.69) is 0 Å². The molecule has 0 radical (unpaired) electrons. The lowest BCUT2D eigenvalue weighted by molar-refractivity contribution is 0.0872. The number of rotatable bonds is 10. The molecule has 1 heterocycles. The number of methoxy groups -OCH3 is 1. The Hall–Kier alpha value is -1.82. The molecule has 4 nitrogen and oxygen atoms in total. The average molecular weight is 594 g/mol. The first-order chi connectivity index (χ1) is 18.2. The third kappa shape index (κ3) is 6.66. The molecule has 0 saturated heterocycles. The van der Waals surface area contributed by atoms with Crippen molar-refractivity contribution in [1.82, 2.24) is 9.78 Å². The molecule has 0 bridgehead atoms. The van der Waals surface area contributed by atoms with Crippen LogP contribution in [0.25, 0.3) is 11.3 Å². The zero-order chi connectivity index (χ0) is 27.4. The molecule has 0 spiro atoms. The van der Waals surface area contributed by atoms with Crippen molar-refractivity contribution in [3.8, 4) is 11.3 Å². The summed E-state index contributed by atoms with van der Waals surface area (Å²) >= 11 is 25.6. The van der Waals surface area contributed by atoms with Crippen LogP contribution in [0.15, 0.2) is 59.6 Å². The summed E-state index contributed by atoms with van der Waals surface area (Å²) in [5.41, 5.74) is 4.15. The van der Waals surface area contributed by atoms with Crippen LogP contribution >= 0.6 is 46.4 Å². The highest BCUT2D eigenvalue weighted by atomic mass is 35.5. The van der Waals surface area contributed by atoms with Gasteiger partial charge in [0.05, 0.1) is 17.1 Å². The Morgan fingerprint density at radius 3 is 2.47 bits per heavy atom. The van der Waals surface area contributed by atoms with Gasteiger partial charge in [-0.3, -0.25) is 9.48 Å². The fourth-order valence-corrected chi connectivity index (χ4v) is 6.27. The molecule has 4 rings (SSSR count). The van der Waals surface area contributed by atoms with Crippen molar-refractivity contribution in [1.29, 1.82) is 0 Å². The van der Waals surface area contributed by atoms with Gasteiger partial charge in [0.1, 0.15) is 5.69 Å². The number of carbonyl (C=O) groups excluding carboxylic acids is 1. The van der Waals surface area contributed by atoms with Gasteiger partial charge in [-0.25, -0.2) is 0 Å². The van der Waals surface area contributed by atoms with E-state index in [1.54, 1.807) is 7.11 Å². The van der Waals surface area contributed by atoms with E-state index >= 15 is 0 Å². The second-order valence-corrected chi connectivity index (χ2v) is 11.9. The lowest BCUT2D eigenvalue weighted by atomic mass is 9.87. The molecule has 4 unspecified atom stereocenters. The van der Waals surface area contributed by atoms with E-state index in [0.717, 1.165) is 46.7 Å². The second-order valence-electron chi connectivity index (χ2n) is 10.1. The third-order valence-electron chi connectivity index (χ3n) is 7.17. The summed E-state index contributed by atoms with van der Waals surface area (Å²) < 4.78 is 7.40. The summed E-state index contributed by atoms with van der Waals surface area (Å²) in [6.07, 6.45) is 4.77. The van der Waals surface area contributed by atoms with Crippen molar-refractivity contribution >= 4 is 52.2 Å². The standard InChI is InChI=1S/C30H32Cl4N2O2/c1-18(14-20(17-38-3)15-22-6-4-5-7-25(22)33)30(37)28-19(2)29(21-8-10-23(31)11-9-21)36(35-28)27-13-12-24(32)16-26(27)34/h4-11,16,18,20,24,27H,12-15,17H2,1-3H3. The van der Waals surface area contributed by atoms with Gasteiger partial charge in [-0.1, -0.05) is 72.1 Å². The van der Waals surface area contributed by atoms with Crippen LogP contribution in [0.1, 0.15) is 53.8 Å². The first-order valence-corrected chi connectivity index (χ1v) is 14.4. The highest BCUT2D eigenvalue weighted by Crippen LogP contribution is 2.39. The number of ketones is 1. The molecule has 3 aromatic rings. The molecular formula is C30H32Cl4N2O2. The van der Waals surface area contributed by atoms with Gasteiger partial charge in [0.2, 0.25) is 0 Å². The van der Waals surface area contributed by atoms with Crippen molar-refractivity contribution in [3.05, 3.63) is 86.5 Å². The monoisotopic (exact) mass is 592 g/mol. The zero-order valence-corrected chi connectivity index (χ0v) is 24.8. The van der Waals surface area contributed by atoms with Crippen LogP contribution in [0, 0.1) is 18.8 Å². The normalized spacial score (nSPS) is 19.2. The minimum atomic E-state index is -0.262. The minimum Gasteiger partial charge on any atom is -0.384 e. The molecule has 38 heavy (non-hydrogen) atoms. The van der Waals surface area contributed by atoms with E-state index in [1.807, 2.05) is 73.1 Å². The van der Waals surface area contributed by atoms with Gasteiger partial charge in [-0.15, -0.1) is 11.6 Å². The van der Waals surface area contributed by atoms with E-state index in [1.165, 1.54) is 0 Å². The van der Waals surface area contributed by atoms with Crippen LogP contribution < -0.4 is 0 Å². The molecule has 2 aromatic carbocycles. The molecule has 4 atom stereocenters. The Morgan fingerprint density at radius 1 is 1.11 bits per heavy atom. The molecule has 0 aliphatic heterocycles. The van der Waals surface area contributed by atoms with Crippen LogP contribution in [0.3, 0.4) is 0 Å². The molecule has 1 aliphatic rings. The maximum absolute atomic E-state index is 13.9. The number of aromatic nitrogens is 2. The van der Waals surface area contributed by atoms with Crippen LogP contribution in [0.5, 0.6) is 0 Å². The molecule has 0 amide bonds. The van der Waals surface area contributed by atoms with Crippen molar-refractivity contribution in [2.75, 3.05) is 13.7 Å². The summed E-state index contributed by atoms with van der Waals surface area (Å²) in [6, 6.07) is 15.2. The lowest BCUT2D eigenvalue weighted by Crippen LogP contribution is -2.22. The molecule has 0 saturated carbocycles. The highest BCUT2D eigenvalue weighted by molar-refractivity contribution is 6.32. The van der Waals surface area contributed by atoms with Crippen molar-refractivity contribution < 1.29 is 9.53 Å². The number of alkyl halides is 1. The van der Waals surface area contributed by atoms with E-state index in [9.17, 15) is 4.79 Å². The number of ether oxygens (including phenoxy) is 1. The number of halogens is 4. The van der Waals surface area contributed by atoms with Crippen molar-refractivity contribution in [2.45, 2.75) is 50.9 Å². The zero-order valence-electron chi connectivity index (χ0n) is 21.8. The number of hydrogen-bond acceptors (Lipinski definition) is 3. The Morgan fingerprint density at radius 2 is 1.82 bits per heavy atom. The van der Waals surface area contributed by atoms with Gasteiger partial charge in [0, 0.05) is 45.8 Å². The molecular weight excluding hydrogens is 562 g/mol. The summed E-state index contributed by atoms with van der Waals surface area (Å²) in [5, 5.41) is 6.80. The highest BCUT2D eigenvalue weighted by Gasteiger charge is 2.31. The molecule has 8 heteroatoms. The predicted molar refractivity (Wildman–Crippen MR) is 158 cm³/mol. The third-order valence-corrected chi connectivity index (χ3v) is 8.51. The molecule has 1 aliphatic carbocycles. The number of benzene rings is 2. The maximum Gasteiger partial charge on any atom is 0.186 e. The topological polar surface area (TPSA) is 44.1 Å². The fourth-order valence-electron chi connectivity index (χ4n) is 5.26. The summed E-state index contributed by atoms with van der Waals surface area (Å²) in [4.78, 5) is 13.9. The SMILES string of the molecule is COCC(Cc1ccccc1Cl)CC(C)C(=O)c1nn(C2CCC(Cl)C=C2Cl)c(-c2ccc(Cl)cc2)c1C. The van der Waals surface area contributed by atoms with Crippen LogP contribution in [0.4, 0.5) is 0 Å². The first-order valence-electron chi connectivity index (χ1n) is 12.8. The van der Waals surface area contributed by atoms with Gasteiger partial charge >= 0.3 is 0 Å². The summed E-state index contributed by atoms with van der Waals surface area (Å²) in [5.74, 6) is -0.126. The first kappa shape index (κ1) is 29.2. The molecule has 202 valence electrons. The van der Waals surface area contributed by atoms with E-state index in [-0.39, 0.29) is 29.0 Å². The maximum atomic E-state index is 13.9. The van der Waals surface area contributed by atoms with Gasteiger partial charge in [0.15, 0.2) is 5.78 Å².